The predicted octanol–water partition coefficient (Wildman–Crippen LogP) is 4.06. The van der Waals surface area contributed by atoms with Gasteiger partial charge in [0.1, 0.15) is 28.9 Å². The molecular formula is C34H34N10O2. The van der Waals surface area contributed by atoms with Gasteiger partial charge in [0.15, 0.2) is 5.82 Å². The molecule has 2 N–H and O–H groups in total. The van der Waals surface area contributed by atoms with Crippen LogP contribution in [0.4, 0.5) is 0 Å². The van der Waals surface area contributed by atoms with Crippen LogP contribution in [0.2, 0.25) is 0 Å². The Bertz CT molecular complexity index is 2110. The molecule has 2 bridgehead atoms. The maximum atomic E-state index is 13.9. The molecule has 0 radical (unpaired) electrons. The lowest BCUT2D eigenvalue weighted by atomic mass is 10.1. The van der Waals surface area contributed by atoms with Gasteiger partial charge in [-0.25, -0.2) is 24.6 Å². The molecule has 6 aromatic rings. The van der Waals surface area contributed by atoms with Crippen molar-refractivity contribution in [2.75, 3.05) is 13.7 Å². The van der Waals surface area contributed by atoms with E-state index in [9.17, 15) is 4.79 Å². The average molecular weight is 615 g/mol. The quantitative estimate of drug-likeness (QED) is 0.271. The number of methoxy groups -OCH3 is 1. The molecule has 3 fully saturated rings. The number of piperidine rings is 1. The molecule has 9 rings (SSSR count). The van der Waals surface area contributed by atoms with Gasteiger partial charge in [0.25, 0.3) is 5.91 Å². The Kier molecular flexibility index (Phi) is 6.20. The number of nitrogens with two attached hydrogens (primary N) is 1. The number of aromatic nitrogens is 8. The minimum absolute atomic E-state index is 0.0163. The molecular weight excluding hydrogens is 580 g/mol. The average Bonchev–Trinajstić information content (AvgIpc) is 3.40. The SMILES string of the molecule is COc1cc(C(=O)N2CC3CCC2[C@@H]3N)cc2nc(-c3cc4cccnc4n3CC3CC3)n(Cc3cnn(-c4cncnc4)c3)c12. The van der Waals surface area contributed by atoms with E-state index in [1.165, 1.54) is 19.2 Å². The number of rotatable bonds is 8. The molecule has 1 aliphatic heterocycles. The molecule has 5 aromatic heterocycles. The summed E-state index contributed by atoms with van der Waals surface area (Å²) >= 11 is 0. The molecule has 0 spiro atoms. The van der Waals surface area contributed by atoms with Crippen molar-refractivity contribution in [2.45, 2.75) is 50.9 Å². The number of nitrogens with zero attached hydrogens (tertiary/aromatic N) is 9. The van der Waals surface area contributed by atoms with E-state index in [4.69, 9.17) is 20.4 Å². The maximum Gasteiger partial charge on any atom is 0.254 e. The van der Waals surface area contributed by atoms with Gasteiger partial charge in [-0.3, -0.25) is 4.79 Å². The number of carbonyl (C=O) groups excluding carboxylic acids is 1. The number of imidazole rings is 1. The predicted molar refractivity (Wildman–Crippen MR) is 172 cm³/mol. The lowest BCUT2D eigenvalue weighted by Gasteiger charge is -2.27. The highest BCUT2D eigenvalue weighted by atomic mass is 16.5. The molecule has 1 saturated heterocycles. The molecule has 2 aliphatic carbocycles. The molecule has 46 heavy (non-hydrogen) atoms. The van der Waals surface area contributed by atoms with Gasteiger partial charge in [-0.1, -0.05) is 0 Å². The Morgan fingerprint density at radius 2 is 1.93 bits per heavy atom. The minimum Gasteiger partial charge on any atom is -0.494 e. The molecule has 1 amide bonds. The number of amides is 1. The fourth-order valence-corrected chi connectivity index (χ4v) is 7.50. The van der Waals surface area contributed by atoms with Gasteiger partial charge >= 0.3 is 0 Å². The summed E-state index contributed by atoms with van der Waals surface area (Å²) in [5.74, 6) is 2.37. The van der Waals surface area contributed by atoms with Gasteiger partial charge in [-0.05, 0) is 67.9 Å². The van der Waals surface area contributed by atoms with Gasteiger partial charge in [-0.2, -0.15) is 5.10 Å². The lowest BCUT2D eigenvalue weighted by Crippen LogP contribution is -2.41. The molecule has 12 nitrogen and oxygen atoms in total. The highest BCUT2D eigenvalue weighted by molar-refractivity contribution is 6.00. The van der Waals surface area contributed by atoms with Crippen LogP contribution in [0.25, 0.3) is 39.3 Å². The van der Waals surface area contributed by atoms with Gasteiger partial charge in [-0.15, -0.1) is 0 Å². The minimum atomic E-state index is -0.0163. The first-order valence-electron chi connectivity index (χ1n) is 15.9. The molecule has 3 atom stereocenters. The van der Waals surface area contributed by atoms with Gasteiger partial charge < -0.3 is 24.5 Å². The Hall–Kier alpha value is -5.10. The third-order valence-electron chi connectivity index (χ3n) is 10.00. The summed E-state index contributed by atoms with van der Waals surface area (Å²) in [5.41, 5.74) is 12.2. The molecule has 232 valence electrons. The largest absolute Gasteiger partial charge is 0.494 e. The van der Waals surface area contributed by atoms with Crippen LogP contribution in [0.1, 0.15) is 41.6 Å². The van der Waals surface area contributed by atoms with Gasteiger partial charge in [0.2, 0.25) is 0 Å². The van der Waals surface area contributed by atoms with E-state index in [0.29, 0.717) is 41.8 Å². The number of hydrogen-bond donors (Lipinski definition) is 1. The van der Waals surface area contributed by atoms with Crippen LogP contribution in [0.5, 0.6) is 5.75 Å². The standard InChI is InChI=1S/C34H34N10O2/c1-46-29-11-24(34(45)42-18-23-6-7-27(42)30(23)35)9-26-31(29)43(16-21-12-39-44(17-21)25-13-36-19-37-14-25)33(40-26)28-10-22-3-2-8-38-32(22)41(28)15-20-4-5-20/h2-3,8-14,17,19-20,23,27,30H,4-7,15-16,18,35H2,1H3/t23?,27?,30-/m1/s1. The van der Waals surface area contributed by atoms with Crippen LogP contribution in [-0.4, -0.2) is 75.4 Å². The monoisotopic (exact) mass is 614 g/mol. The van der Waals surface area contributed by atoms with Crippen LogP contribution in [0.15, 0.2) is 67.6 Å². The van der Waals surface area contributed by atoms with E-state index < -0.39 is 0 Å². The van der Waals surface area contributed by atoms with Crippen molar-refractivity contribution in [2.24, 2.45) is 17.6 Å². The number of carbonyl (C=O) groups is 1. The summed E-state index contributed by atoms with van der Waals surface area (Å²) in [4.78, 5) is 34.2. The van der Waals surface area contributed by atoms with Crippen LogP contribution in [-0.2, 0) is 13.1 Å². The summed E-state index contributed by atoms with van der Waals surface area (Å²) in [6.07, 6.45) is 15.1. The van der Waals surface area contributed by atoms with Crippen molar-refractivity contribution in [1.29, 1.82) is 0 Å². The second-order valence-electron chi connectivity index (χ2n) is 12.9. The summed E-state index contributed by atoms with van der Waals surface area (Å²) in [5, 5.41) is 5.66. The zero-order valence-corrected chi connectivity index (χ0v) is 25.5. The topological polar surface area (TPSA) is 135 Å². The van der Waals surface area contributed by atoms with Crippen LogP contribution in [0, 0.1) is 11.8 Å². The number of hydrogen-bond acceptors (Lipinski definition) is 8. The summed E-state index contributed by atoms with van der Waals surface area (Å²) < 4.78 is 12.3. The first-order chi connectivity index (χ1) is 22.6. The molecule has 2 unspecified atom stereocenters. The lowest BCUT2D eigenvalue weighted by molar-refractivity contribution is 0.0700. The fourth-order valence-electron chi connectivity index (χ4n) is 7.50. The van der Waals surface area contributed by atoms with E-state index in [1.54, 1.807) is 24.2 Å². The third-order valence-corrected chi connectivity index (χ3v) is 10.00. The Balaban J connectivity index is 1.20. The van der Waals surface area contributed by atoms with E-state index >= 15 is 0 Å². The molecule has 3 aliphatic rings. The van der Waals surface area contributed by atoms with E-state index in [-0.39, 0.29) is 18.0 Å². The Morgan fingerprint density at radius 3 is 2.70 bits per heavy atom. The summed E-state index contributed by atoms with van der Waals surface area (Å²) in [6, 6.07) is 10.1. The number of fused-ring (bicyclic) bond motifs is 4. The highest BCUT2D eigenvalue weighted by Gasteiger charge is 2.47. The van der Waals surface area contributed by atoms with E-state index in [1.807, 2.05) is 41.7 Å². The normalized spacial score (nSPS) is 20.7. The molecule has 6 heterocycles. The number of benzene rings is 1. The Morgan fingerprint density at radius 1 is 1.07 bits per heavy atom. The number of likely N-dealkylation sites (tertiary alicyclic amines) is 1. The van der Waals surface area contributed by atoms with E-state index in [0.717, 1.165) is 58.7 Å². The van der Waals surface area contributed by atoms with Crippen LogP contribution in [0.3, 0.4) is 0 Å². The second kappa shape index (κ2) is 10.5. The van der Waals surface area contributed by atoms with Crippen LogP contribution < -0.4 is 10.5 Å². The third kappa shape index (κ3) is 4.38. The van der Waals surface area contributed by atoms with Crippen molar-refractivity contribution >= 4 is 28.0 Å². The number of pyridine rings is 1. The summed E-state index contributed by atoms with van der Waals surface area (Å²) in [7, 11) is 1.65. The molecule has 12 heteroatoms. The molecule has 2 saturated carbocycles. The zero-order valence-electron chi connectivity index (χ0n) is 25.5. The van der Waals surface area contributed by atoms with Crippen molar-refractivity contribution in [1.82, 2.24) is 43.8 Å². The zero-order chi connectivity index (χ0) is 30.9. The second-order valence-corrected chi connectivity index (χ2v) is 12.9. The van der Waals surface area contributed by atoms with Crippen molar-refractivity contribution in [3.05, 3.63) is 78.8 Å². The first kappa shape index (κ1) is 27.2. The smallest absolute Gasteiger partial charge is 0.254 e. The van der Waals surface area contributed by atoms with Gasteiger partial charge in [0.05, 0.1) is 43.5 Å². The highest BCUT2D eigenvalue weighted by Crippen LogP contribution is 2.40. The molecule has 1 aromatic carbocycles. The Labute approximate surface area is 264 Å². The number of ether oxygens (including phenoxy) is 1. The maximum absolute atomic E-state index is 13.9. The first-order valence-corrected chi connectivity index (χ1v) is 15.9. The van der Waals surface area contributed by atoms with Crippen LogP contribution >= 0.6 is 0 Å². The van der Waals surface area contributed by atoms with Crippen molar-refractivity contribution in [3.8, 4) is 23.0 Å². The fraction of sp³-hybridized carbons (Fsp3) is 0.353. The van der Waals surface area contributed by atoms with Crippen molar-refractivity contribution < 1.29 is 9.53 Å². The van der Waals surface area contributed by atoms with Gasteiger partial charge in [0, 0.05) is 54.1 Å². The van der Waals surface area contributed by atoms with E-state index in [2.05, 4.69) is 36.3 Å². The summed E-state index contributed by atoms with van der Waals surface area (Å²) in [6.45, 7) is 2.06. The van der Waals surface area contributed by atoms with Crippen molar-refractivity contribution in [3.63, 3.8) is 0 Å².